The molecule has 4 atom stereocenters. The molecule has 2 aliphatic rings. The van der Waals surface area contributed by atoms with Gasteiger partial charge in [-0.05, 0) is 28.2 Å². The molecule has 1 saturated heterocycles. The van der Waals surface area contributed by atoms with Crippen LogP contribution in [-0.2, 0) is 4.74 Å². The minimum absolute atomic E-state index is 0.0425. The molecule has 10 nitrogen and oxygen atoms in total. The Labute approximate surface area is 182 Å². The van der Waals surface area contributed by atoms with Crippen LogP contribution >= 0.6 is 0 Å². The summed E-state index contributed by atoms with van der Waals surface area (Å²) in [4.78, 5) is 23.6. The highest BCUT2D eigenvalue weighted by Gasteiger charge is 2.43. The van der Waals surface area contributed by atoms with Crippen molar-refractivity contribution in [3.8, 4) is 11.1 Å². The van der Waals surface area contributed by atoms with E-state index in [4.69, 9.17) is 10.5 Å². The second kappa shape index (κ2) is 8.15. The van der Waals surface area contributed by atoms with Crippen LogP contribution in [0.2, 0.25) is 0 Å². The lowest BCUT2D eigenvalue weighted by Crippen LogP contribution is -2.52. The first-order valence-corrected chi connectivity index (χ1v) is 10.3. The summed E-state index contributed by atoms with van der Waals surface area (Å²) in [6.45, 7) is -0.320. The van der Waals surface area contributed by atoms with E-state index in [1.54, 1.807) is 4.58 Å². The van der Waals surface area contributed by atoms with Gasteiger partial charge in [0.15, 0.2) is 0 Å². The van der Waals surface area contributed by atoms with Gasteiger partial charge in [0, 0.05) is 12.1 Å². The van der Waals surface area contributed by atoms with Crippen molar-refractivity contribution < 1.29 is 14.9 Å². The number of aromatic nitrogens is 2. The highest BCUT2D eigenvalue weighted by Crippen LogP contribution is 2.24. The normalized spacial score (nSPS) is 24.2. The van der Waals surface area contributed by atoms with Crippen molar-refractivity contribution in [2.75, 3.05) is 17.7 Å². The molecule has 0 bridgehead atoms. The number of rotatable bonds is 5. The molecule has 1 aromatic heterocycles. The van der Waals surface area contributed by atoms with E-state index in [1.165, 1.54) is 0 Å². The third-order valence-electron chi connectivity index (χ3n) is 5.64. The molecule has 0 aliphatic carbocycles. The van der Waals surface area contributed by atoms with Crippen LogP contribution in [0.25, 0.3) is 11.1 Å². The molecule has 6 N–H and O–H groups in total. The summed E-state index contributed by atoms with van der Waals surface area (Å²) in [5.41, 5.74) is 8.51. The average molecular weight is 435 g/mol. The van der Waals surface area contributed by atoms with E-state index in [0.29, 0.717) is 0 Å². The maximum atomic E-state index is 12.4. The van der Waals surface area contributed by atoms with Crippen LogP contribution in [0.1, 0.15) is 6.42 Å². The van der Waals surface area contributed by atoms with Crippen LogP contribution < -0.4 is 32.0 Å². The number of benzene rings is 2. The number of nitrogens with one attached hydrogen (secondary N) is 2. The molecule has 32 heavy (non-hydrogen) atoms. The molecule has 0 amide bonds. The summed E-state index contributed by atoms with van der Waals surface area (Å²) >= 11 is 0. The smallest absolute Gasteiger partial charge is 0.359 e. The lowest BCUT2D eigenvalue weighted by molar-refractivity contribution is -0.0410. The molecule has 2 aliphatic heterocycles. The molecule has 0 saturated carbocycles. The Hall–Kier alpha value is -3.60. The van der Waals surface area contributed by atoms with Gasteiger partial charge in [-0.1, -0.05) is 42.5 Å². The van der Waals surface area contributed by atoms with E-state index in [1.807, 2.05) is 54.6 Å². The van der Waals surface area contributed by atoms with Gasteiger partial charge in [-0.2, -0.15) is 4.58 Å². The Morgan fingerprint density at radius 3 is 2.56 bits per heavy atom. The number of aliphatic hydroxyl groups excluding tert-OH is 2. The first kappa shape index (κ1) is 20.3. The van der Waals surface area contributed by atoms with Gasteiger partial charge in [0.25, 0.3) is 11.8 Å². The van der Waals surface area contributed by atoms with Crippen molar-refractivity contribution in [1.82, 2.24) is 14.5 Å². The summed E-state index contributed by atoms with van der Waals surface area (Å²) in [5.74, 6) is -0.0425. The fourth-order valence-electron chi connectivity index (χ4n) is 4.05. The second-order valence-electron chi connectivity index (χ2n) is 7.74. The molecule has 0 radical (unpaired) electrons. The summed E-state index contributed by atoms with van der Waals surface area (Å²) in [6, 6.07) is 17.8. The lowest BCUT2D eigenvalue weighted by Gasteiger charge is -2.19. The first-order chi connectivity index (χ1) is 15.5. The van der Waals surface area contributed by atoms with Gasteiger partial charge >= 0.3 is 11.4 Å². The molecule has 0 spiro atoms. The second-order valence-corrected chi connectivity index (χ2v) is 7.74. The molecular weight excluding hydrogens is 412 g/mol. The Balaban J connectivity index is 1.50. The van der Waals surface area contributed by atoms with E-state index in [9.17, 15) is 15.0 Å². The van der Waals surface area contributed by atoms with Gasteiger partial charge in [0.05, 0.1) is 12.7 Å². The number of aromatic amines is 1. The number of H-pyrrole nitrogens is 1. The third kappa shape index (κ3) is 3.64. The van der Waals surface area contributed by atoms with Crippen LogP contribution in [0.5, 0.6) is 0 Å². The number of aliphatic hydroxyl groups is 2. The molecule has 1 unspecified atom stereocenters. The molecule has 164 valence electrons. The molecular formula is C22H23N6O4+. The maximum absolute atomic E-state index is 12.4. The largest absolute Gasteiger partial charge is 0.394 e. The van der Waals surface area contributed by atoms with Gasteiger partial charge in [0.2, 0.25) is 11.6 Å². The van der Waals surface area contributed by atoms with Gasteiger partial charge in [-0.25, -0.2) is 4.99 Å². The Bertz CT molecular complexity index is 1310. The Kier molecular flexibility index (Phi) is 5.17. The highest BCUT2D eigenvalue weighted by molar-refractivity contribution is 5.65. The predicted molar refractivity (Wildman–Crippen MR) is 117 cm³/mol. The Morgan fingerprint density at radius 2 is 1.88 bits per heavy atom. The number of fused-ring (bicyclic) bond motifs is 1. The molecule has 1 fully saturated rings. The zero-order chi connectivity index (χ0) is 22.2. The quantitative estimate of drug-likeness (QED) is 0.323. The van der Waals surface area contributed by atoms with Crippen LogP contribution in [0.3, 0.4) is 0 Å². The third-order valence-corrected chi connectivity index (χ3v) is 5.64. The molecule has 10 heteroatoms. The fraction of sp³-hybridized carbons (Fsp3) is 0.273. The topological polar surface area (TPSA) is 149 Å². The summed E-state index contributed by atoms with van der Waals surface area (Å²) in [7, 11) is 0. The van der Waals surface area contributed by atoms with Crippen molar-refractivity contribution >= 4 is 11.6 Å². The fourth-order valence-corrected chi connectivity index (χ4v) is 4.05. The molecule has 2 aromatic carbocycles. The van der Waals surface area contributed by atoms with Crippen molar-refractivity contribution in [3.63, 3.8) is 0 Å². The number of hydrogen-bond acceptors (Lipinski definition) is 8. The molecule has 3 heterocycles. The van der Waals surface area contributed by atoms with E-state index in [0.717, 1.165) is 16.8 Å². The highest BCUT2D eigenvalue weighted by atomic mass is 16.5. The maximum Gasteiger partial charge on any atom is 0.359 e. The van der Waals surface area contributed by atoms with E-state index < -0.39 is 30.3 Å². The van der Waals surface area contributed by atoms with Crippen LogP contribution in [0.4, 0.5) is 11.6 Å². The number of nitrogen functional groups attached to an aromatic ring is 1. The Morgan fingerprint density at radius 1 is 1.16 bits per heavy atom. The van der Waals surface area contributed by atoms with Crippen molar-refractivity contribution in [1.29, 1.82) is 0 Å². The minimum atomic E-state index is -0.848. The number of ether oxygens (including phenoxy) is 1. The molecule has 3 aromatic rings. The predicted octanol–water partition coefficient (Wildman–Crippen LogP) is -0.993. The van der Waals surface area contributed by atoms with E-state index in [-0.39, 0.29) is 29.8 Å². The number of hydrogen-bond donors (Lipinski definition) is 5. The van der Waals surface area contributed by atoms with Crippen LogP contribution in [0.15, 0.2) is 64.4 Å². The van der Waals surface area contributed by atoms with Crippen molar-refractivity contribution in [3.05, 3.63) is 75.8 Å². The van der Waals surface area contributed by atoms with Crippen molar-refractivity contribution in [2.24, 2.45) is 4.99 Å². The van der Waals surface area contributed by atoms with Crippen molar-refractivity contribution in [2.45, 2.75) is 31.1 Å². The SMILES string of the molecule is Nc1nc2c(c(=O)[nH]1)=NC(Nc1ccc(-c3ccccc3)cc1)[N+]=2[C@H]1C[C@H](O)[C@@H](CO)O1. The molecule has 5 rings (SSSR count). The number of nitrogens with two attached hydrogens (primary N) is 1. The van der Waals surface area contributed by atoms with Gasteiger partial charge < -0.3 is 26.0 Å². The summed E-state index contributed by atoms with van der Waals surface area (Å²) < 4.78 is 7.49. The van der Waals surface area contributed by atoms with Gasteiger partial charge in [-0.15, -0.1) is 0 Å². The zero-order valence-corrected chi connectivity index (χ0v) is 17.0. The summed E-state index contributed by atoms with van der Waals surface area (Å²) in [5, 5.41) is 23.1. The van der Waals surface area contributed by atoms with Gasteiger partial charge in [-0.3, -0.25) is 9.78 Å². The van der Waals surface area contributed by atoms with Gasteiger partial charge in [0.1, 0.15) is 6.10 Å². The van der Waals surface area contributed by atoms with Crippen LogP contribution in [0, 0.1) is 0 Å². The first-order valence-electron chi connectivity index (χ1n) is 10.3. The summed E-state index contributed by atoms with van der Waals surface area (Å²) in [6.07, 6.45) is -2.72. The number of anilines is 2. The van der Waals surface area contributed by atoms with Crippen LogP contribution in [-0.4, -0.2) is 51.5 Å². The zero-order valence-electron chi connectivity index (χ0n) is 17.0. The monoisotopic (exact) mass is 435 g/mol. The van der Waals surface area contributed by atoms with E-state index in [2.05, 4.69) is 20.3 Å². The van der Waals surface area contributed by atoms with E-state index >= 15 is 0 Å². The minimum Gasteiger partial charge on any atom is -0.394 e. The number of nitrogens with zero attached hydrogens (tertiary/aromatic N) is 3. The lowest BCUT2D eigenvalue weighted by atomic mass is 10.1. The average Bonchev–Trinajstić information content (AvgIpc) is 3.34. The standard InChI is InChI=1S/C22H22N6O4/c23-21-26-19-18(20(31)27-21)25-22(28(19)17-10-15(30)16(11-29)32-17)24-14-8-6-13(7-9-14)12-4-2-1-3-5-12/h1-9,15-17,22,24,29-30H,10-11H2,(H2,23,27,31)/p+1/t15-,16+,17+,22?/m0/s1.